The minimum atomic E-state index is -0.175. The van der Waals surface area contributed by atoms with Gasteiger partial charge in [0.2, 0.25) is 17.7 Å². The van der Waals surface area contributed by atoms with E-state index in [-0.39, 0.29) is 24.6 Å². The van der Waals surface area contributed by atoms with E-state index in [2.05, 4.69) is 10.2 Å². The van der Waals surface area contributed by atoms with E-state index in [9.17, 15) is 9.59 Å². The van der Waals surface area contributed by atoms with Crippen LogP contribution in [-0.4, -0.2) is 77.9 Å². The maximum Gasteiger partial charge on any atom is 0.325 e. The first-order valence-corrected chi connectivity index (χ1v) is 10.1. The number of ether oxygens (including phenoxy) is 2. The molecule has 1 aromatic carbocycles. The predicted molar refractivity (Wildman–Crippen MR) is 110 cm³/mol. The van der Waals surface area contributed by atoms with Gasteiger partial charge in [0, 0.05) is 48.9 Å². The zero-order valence-electron chi connectivity index (χ0n) is 16.5. The largest absolute Gasteiger partial charge is 0.480 e. The number of anilines is 1. The van der Waals surface area contributed by atoms with Crippen LogP contribution in [0.3, 0.4) is 0 Å². The molecule has 0 radical (unpaired) electrons. The number of halogens is 1. The van der Waals surface area contributed by atoms with Gasteiger partial charge < -0.3 is 19.3 Å². The lowest BCUT2D eigenvalue weighted by atomic mass is 10.3. The van der Waals surface area contributed by atoms with E-state index in [1.807, 2.05) is 0 Å². The topological polar surface area (TPSA) is 88.1 Å². The first kappa shape index (κ1) is 20.2. The summed E-state index contributed by atoms with van der Waals surface area (Å²) in [7, 11) is 1.52. The Balaban J connectivity index is 1.29. The smallest absolute Gasteiger partial charge is 0.325 e. The van der Waals surface area contributed by atoms with Gasteiger partial charge in [-0.15, -0.1) is 10.2 Å². The first-order chi connectivity index (χ1) is 14.5. The number of aromatic nitrogens is 2. The average Bonchev–Trinajstić information content (AvgIpc) is 3.37. The number of likely N-dealkylation sites (tertiary alicyclic amines) is 1. The van der Waals surface area contributed by atoms with Crippen molar-refractivity contribution in [2.75, 3.05) is 44.7 Å². The Morgan fingerprint density at radius 3 is 2.53 bits per heavy atom. The highest BCUT2D eigenvalue weighted by Crippen LogP contribution is 2.23. The van der Waals surface area contributed by atoms with E-state index in [4.69, 9.17) is 21.1 Å². The van der Waals surface area contributed by atoms with Crippen molar-refractivity contribution in [3.05, 3.63) is 41.4 Å². The van der Waals surface area contributed by atoms with Crippen molar-refractivity contribution in [1.82, 2.24) is 20.0 Å². The van der Waals surface area contributed by atoms with Gasteiger partial charge in [0.15, 0.2) is 0 Å². The standard InChI is InChI=1S/C20H22ClN5O4/c1-29-17-6-7-18(23-22-17)30-16-8-9-24(12-16)19(27)13-25-10-11-26(20(25)28)15-4-2-14(21)3-5-15/h2-7,16H,8-13H2,1H3. The van der Waals surface area contributed by atoms with Crippen LogP contribution in [0.2, 0.25) is 5.02 Å². The third-order valence-electron chi connectivity index (χ3n) is 5.17. The number of nitrogens with zero attached hydrogens (tertiary/aromatic N) is 5. The van der Waals surface area contributed by atoms with Crippen LogP contribution < -0.4 is 14.4 Å². The molecule has 2 aliphatic rings. The normalized spacial score (nSPS) is 18.8. The lowest BCUT2D eigenvalue weighted by molar-refractivity contribution is -0.130. The minimum Gasteiger partial charge on any atom is -0.480 e. The molecule has 0 aliphatic carbocycles. The molecule has 3 amide bonds. The number of hydrogen-bond donors (Lipinski definition) is 0. The van der Waals surface area contributed by atoms with Crippen molar-refractivity contribution in [2.24, 2.45) is 0 Å². The van der Waals surface area contributed by atoms with Crippen molar-refractivity contribution >= 4 is 29.2 Å². The van der Waals surface area contributed by atoms with Crippen molar-refractivity contribution in [1.29, 1.82) is 0 Å². The molecule has 3 heterocycles. The summed E-state index contributed by atoms with van der Waals surface area (Å²) in [6, 6.07) is 10.3. The number of carbonyl (C=O) groups is 2. The van der Waals surface area contributed by atoms with Crippen LogP contribution in [0.15, 0.2) is 36.4 Å². The van der Waals surface area contributed by atoms with Crippen molar-refractivity contribution in [2.45, 2.75) is 12.5 Å². The number of carbonyl (C=O) groups excluding carboxylic acids is 2. The van der Waals surface area contributed by atoms with Gasteiger partial charge in [-0.25, -0.2) is 4.79 Å². The van der Waals surface area contributed by atoms with Crippen LogP contribution in [0.5, 0.6) is 11.8 Å². The van der Waals surface area contributed by atoms with Crippen LogP contribution in [-0.2, 0) is 4.79 Å². The zero-order valence-corrected chi connectivity index (χ0v) is 17.3. The molecule has 0 spiro atoms. The second-order valence-corrected chi connectivity index (χ2v) is 7.55. The molecule has 4 rings (SSSR count). The highest BCUT2D eigenvalue weighted by molar-refractivity contribution is 6.30. The Morgan fingerprint density at radius 2 is 1.83 bits per heavy atom. The lowest BCUT2D eigenvalue weighted by Crippen LogP contribution is -2.42. The monoisotopic (exact) mass is 431 g/mol. The number of hydrogen-bond acceptors (Lipinski definition) is 6. The van der Waals surface area contributed by atoms with E-state index in [1.165, 1.54) is 7.11 Å². The van der Waals surface area contributed by atoms with Gasteiger partial charge in [-0.05, 0) is 24.3 Å². The fraction of sp³-hybridized carbons (Fsp3) is 0.400. The van der Waals surface area contributed by atoms with Crippen LogP contribution in [0.4, 0.5) is 10.5 Å². The number of methoxy groups -OCH3 is 1. The van der Waals surface area contributed by atoms with Gasteiger partial charge in [-0.1, -0.05) is 11.6 Å². The molecule has 2 aliphatic heterocycles. The fourth-order valence-corrected chi connectivity index (χ4v) is 3.68. The van der Waals surface area contributed by atoms with E-state index in [1.54, 1.807) is 51.1 Å². The Kier molecular flexibility index (Phi) is 5.89. The number of amides is 3. The minimum absolute atomic E-state index is 0.0536. The van der Waals surface area contributed by atoms with Crippen LogP contribution >= 0.6 is 11.6 Å². The molecule has 2 aromatic rings. The first-order valence-electron chi connectivity index (χ1n) is 9.67. The number of urea groups is 1. The lowest BCUT2D eigenvalue weighted by Gasteiger charge is -2.22. The maximum atomic E-state index is 12.7. The molecular formula is C20H22ClN5O4. The Morgan fingerprint density at radius 1 is 1.10 bits per heavy atom. The molecule has 30 heavy (non-hydrogen) atoms. The van der Waals surface area contributed by atoms with Gasteiger partial charge in [0.1, 0.15) is 12.6 Å². The maximum absolute atomic E-state index is 12.7. The Labute approximate surface area is 179 Å². The molecule has 9 nitrogen and oxygen atoms in total. The van der Waals surface area contributed by atoms with E-state index in [0.29, 0.717) is 49.4 Å². The quantitative estimate of drug-likeness (QED) is 0.695. The summed E-state index contributed by atoms with van der Waals surface area (Å²) in [5.41, 5.74) is 0.773. The molecule has 0 bridgehead atoms. The Hall–Kier alpha value is -3.07. The number of benzene rings is 1. The van der Waals surface area contributed by atoms with Gasteiger partial charge in [0.05, 0.1) is 13.7 Å². The van der Waals surface area contributed by atoms with Gasteiger partial charge in [-0.2, -0.15) is 0 Å². The third-order valence-corrected chi connectivity index (χ3v) is 5.42. The molecule has 2 fully saturated rings. The van der Waals surface area contributed by atoms with Crippen molar-refractivity contribution in [3.63, 3.8) is 0 Å². The second kappa shape index (κ2) is 8.74. The number of rotatable bonds is 6. The second-order valence-electron chi connectivity index (χ2n) is 7.11. The predicted octanol–water partition coefficient (Wildman–Crippen LogP) is 2.06. The molecular weight excluding hydrogens is 410 g/mol. The summed E-state index contributed by atoms with van der Waals surface area (Å²) in [6.45, 7) is 2.13. The van der Waals surface area contributed by atoms with Gasteiger partial charge in [0.25, 0.3) is 0 Å². The molecule has 1 aromatic heterocycles. The summed E-state index contributed by atoms with van der Waals surface area (Å²) in [5, 5.41) is 8.44. The Bertz CT molecular complexity index is 908. The molecule has 158 valence electrons. The van der Waals surface area contributed by atoms with E-state index >= 15 is 0 Å². The summed E-state index contributed by atoms with van der Waals surface area (Å²) in [5.74, 6) is 0.713. The van der Waals surface area contributed by atoms with Crippen LogP contribution in [0.25, 0.3) is 0 Å². The zero-order chi connectivity index (χ0) is 21.1. The third kappa shape index (κ3) is 4.40. The van der Waals surface area contributed by atoms with Crippen LogP contribution in [0.1, 0.15) is 6.42 Å². The molecule has 0 N–H and O–H groups in total. The van der Waals surface area contributed by atoms with E-state index < -0.39 is 0 Å². The average molecular weight is 432 g/mol. The summed E-state index contributed by atoms with van der Waals surface area (Å²) >= 11 is 5.91. The van der Waals surface area contributed by atoms with Crippen molar-refractivity contribution < 1.29 is 19.1 Å². The van der Waals surface area contributed by atoms with Crippen LogP contribution in [0, 0.1) is 0 Å². The molecule has 2 saturated heterocycles. The molecule has 1 atom stereocenters. The summed E-state index contributed by atoms with van der Waals surface area (Å²) in [4.78, 5) is 30.4. The highest BCUT2D eigenvalue weighted by atomic mass is 35.5. The van der Waals surface area contributed by atoms with Gasteiger partial charge in [-0.3, -0.25) is 9.69 Å². The van der Waals surface area contributed by atoms with Gasteiger partial charge >= 0.3 is 6.03 Å². The fourth-order valence-electron chi connectivity index (χ4n) is 3.55. The van der Waals surface area contributed by atoms with E-state index in [0.717, 1.165) is 5.69 Å². The van der Waals surface area contributed by atoms with Crippen molar-refractivity contribution in [3.8, 4) is 11.8 Å². The highest BCUT2D eigenvalue weighted by Gasteiger charge is 2.34. The molecule has 10 heteroatoms. The SMILES string of the molecule is COc1ccc(OC2CCN(C(=O)CN3CCN(c4ccc(Cl)cc4)C3=O)C2)nn1. The summed E-state index contributed by atoms with van der Waals surface area (Å²) in [6.07, 6.45) is 0.543. The molecule has 1 unspecified atom stereocenters. The molecule has 0 saturated carbocycles. The summed E-state index contributed by atoms with van der Waals surface area (Å²) < 4.78 is 10.8.